The maximum atomic E-state index is 12.4. The summed E-state index contributed by atoms with van der Waals surface area (Å²) < 4.78 is 5.31. The highest BCUT2D eigenvalue weighted by Crippen LogP contribution is 2.25. The summed E-state index contributed by atoms with van der Waals surface area (Å²) in [4.78, 5) is 27.7. The van der Waals surface area contributed by atoms with E-state index in [1.165, 1.54) is 4.90 Å². The van der Waals surface area contributed by atoms with Gasteiger partial charge in [0.25, 0.3) is 0 Å². The predicted molar refractivity (Wildman–Crippen MR) is 76.4 cm³/mol. The Bertz CT molecular complexity index is 390. The SMILES string of the molecule is CC(C)(C)OC(=O)N1CC(O)C[C@H]1C(=O)N1CCSC1. The molecular weight excluding hydrogens is 280 g/mol. The Morgan fingerprint density at radius 2 is 2.05 bits per heavy atom. The molecule has 0 radical (unpaired) electrons. The first-order valence-corrected chi connectivity index (χ1v) is 7.97. The van der Waals surface area contributed by atoms with Crippen LogP contribution >= 0.6 is 11.8 Å². The Kier molecular flexibility index (Phi) is 4.49. The fourth-order valence-electron chi connectivity index (χ4n) is 2.37. The van der Waals surface area contributed by atoms with E-state index in [4.69, 9.17) is 4.74 Å². The summed E-state index contributed by atoms with van der Waals surface area (Å²) in [5, 5.41) is 9.78. The van der Waals surface area contributed by atoms with Crippen LogP contribution in [0, 0.1) is 0 Å². The largest absolute Gasteiger partial charge is 0.444 e. The molecule has 0 aromatic carbocycles. The van der Waals surface area contributed by atoms with E-state index in [9.17, 15) is 14.7 Å². The van der Waals surface area contributed by atoms with Crippen molar-refractivity contribution < 1.29 is 19.4 Å². The van der Waals surface area contributed by atoms with Crippen LogP contribution in [0.4, 0.5) is 4.79 Å². The molecular formula is C13H22N2O4S. The molecule has 7 heteroatoms. The molecule has 2 fully saturated rings. The van der Waals surface area contributed by atoms with Gasteiger partial charge in [-0.2, -0.15) is 0 Å². The molecule has 20 heavy (non-hydrogen) atoms. The molecule has 2 rings (SSSR count). The summed E-state index contributed by atoms with van der Waals surface area (Å²) >= 11 is 1.70. The molecule has 114 valence electrons. The Morgan fingerprint density at radius 1 is 1.35 bits per heavy atom. The Balaban J connectivity index is 2.06. The summed E-state index contributed by atoms with van der Waals surface area (Å²) in [5.41, 5.74) is -0.609. The van der Waals surface area contributed by atoms with Crippen LogP contribution in [-0.2, 0) is 9.53 Å². The maximum Gasteiger partial charge on any atom is 0.411 e. The molecule has 6 nitrogen and oxygen atoms in total. The van der Waals surface area contributed by atoms with E-state index in [-0.39, 0.29) is 12.5 Å². The molecule has 2 aliphatic heterocycles. The molecule has 2 aliphatic rings. The van der Waals surface area contributed by atoms with Crippen molar-refractivity contribution in [3.05, 3.63) is 0 Å². The van der Waals surface area contributed by atoms with E-state index in [1.54, 1.807) is 37.4 Å². The third kappa shape index (κ3) is 3.58. The molecule has 1 N–H and O–H groups in total. The van der Waals surface area contributed by atoms with Crippen molar-refractivity contribution in [2.45, 2.75) is 44.9 Å². The van der Waals surface area contributed by atoms with E-state index < -0.39 is 23.8 Å². The molecule has 2 atom stereocenters. The number of aliphatic hydroxyl groups is 1. The minimum absolute atomic E-state index is 0.0857. The van der Waals surface area contributed by atoms with Gasteiger partial charge in [-0.1, -0.05) is 0 Å². The first-order valence-electron chi connectivity index (χ1n) is 6.82. The number of ether oxygens (including phenoxy) is 1. The van der Waals surface area contributed by atoms with Crippen LogP contribution < -0.4 is 0 Å². The van der Waals surface area contributed by atoms with Crippen LogP contribution in [0.3, 0.4) is 0 Å². The second-order valence-electron chi connectivity index (χ2n) is 6.18. The Labute approximate surface area is 123 Å². The summed E-state index contributed by atoms with van der Waals surface area (Å²) in [6.45, 7) is 6.21. The van der Waals surface area contributed by atoms with Crippen molar-refractivity contribution >= 4 is 23.8 Å². The number of nitrogens with zero attached hydrogens (tertiary/aromatic N) is 2. The van der Waals surface area contributed by atoms with Gasteiger partial charge in [0.2, 0.25) is 5.91 Å². The highest BCUT2D eigenvalue weighted by Gasteiger charge is 2.42. The quantitative estimate of drug-likeness (QED) is 0.779. The van der Waals surface area contributed by atoms with Crippen LogP contribution in [0.15, 0.2) is 0 Å². The number of β-amino-alcohol motifs (C(OH)–C–C–N with tert-alkyl or cyclic N) is 1. The number of likely N-dealkylation sites (tertiary alicyclic amines) is 1. The van der Waals surface area contributed by atoms with Gasteiger partial charge in [0.05, 0.1) is 18.5 Å². The van der Waals surface area contributed by atoms with Gasteiger partial charge in [0.1, 0.15) is 11.6 Å². The zero-order valence-corrected chi connectivity index (χ0v) is 13.0. The van der Waals surface area contributed by atoms with Crippen LogP contribution in [0.1, 0.15) is 27.2 Å². The number of carbonyl (C=O) groups is 2. The van der Waals surface area contributed by atoms with Gasteiger partial charge in [-0.3, -0.25) is 9.69 Å². The lowest BCUT2D eigenvalue weighted by Gasteiger charge is -2.29. The summed E-state index contributed by atoms with van der Waals surface area (Å²) in [6.07, 6.45) is -0.898. The van der Waals surface area contributed by atoms with Gasteiger partial charge in [-0.15, -0.1) is 11.8 Å². The third-order valence-corrected chi connectivity index (χ3v) is 4.22. The third-order valence-electron chi connectivity index (χ3n) is 3.26. The molecule has 0 bridgehead atoms. The first kappa shape index (κ1) is 15.4. The van der Waals surface area contributed by atoms with Gasteiger partial charge >= 0.3 is 6.09 Å². The van der Waals surface area contributed by atoms with Crippen LogP contribution in [0.2, 0.25) is 0 Å². The second kappa shape index (κ2) is 5.81. The van der Waals surface area contributed by atoms with E-state index in [2.05, 4.69) is 0 Å². The molecule has 0 aromatic rings. The van der Waals surface area contributed by atoms with Crippen LogP contribution in [0.25, 0.3) is 0 Å². The van der Waals surface area contributed by atoms with Gasteiger partial charge < -0.3 is 14.7 Å². The summed E-state index contributed by atoms with van der Waals surface area (Å²) in [7, 11) is 0. The highest BCUT2D eigenvalue weighted by atomic mass is 32.2. The normalized spacial score (nSPS) is 27.0. The van der Waals surface area contributed by atoms with Crippen molar-refractivity contribution in [2.75, 3.05) is 24.7 Å². The predicted octanol–water partition coefficient (Wildman–Crippen LogP) is 0.890. The molecule has 2 saturated heterocycles. The first-order chi connectivity index (χ1) is 9.28. The minimum Gasteiger partial charge on any atom is -0.444 e. The molecule has 0 spiro atoms. The van der Waals surface area contributed by atoms with Crippen molar-refractivity contribution in [2.24, 2.45) is 0 Å². The van der Waals surface area contributed by atoms with E-state index in [0.717, 1.165) is 5.75 Å². The monoisotopic (exact) mass is 302 g/mol. The lowest BCUT2D eigenvalue weighted by atomic mass is 10.1. The van der Waals surface area contributed by atoms with Crippen molar-refractivity contribution in [1.29, 1.82) is 0 Å². The molecule has 0 saturated carbocycles. The molecule has 0 aliphatic carbocycles. The van der Waals surface area contributed by atoms with Crippen LogP contribution in [0.5, 0.6) is 0 Å². The lowest BCUT2D eigenvalue weighted by molar-refractivity contribution is -0.134. The number of aliphatic hydroxyl groups excluding tert-OH is 1. The highest BCUT2D eigenvalue weighted by molar-refractivity contribution is 7.99. The average molecular weight is 302 g/mol. The number of rotatable bonds is 1. The van der Waals surface area contributed by atoms with Crippen LogP contribution in [-0.4, -0.2) is 69.4 Å². The van der Waals surface area contributed by atoms with E-state index in [0.29, 0.717) is 18.8 Å². The zero-order chi connectivity index (χ0) is 14.9. The van der Waals surface area contributed by atoms with Crippen molar-refractivity contribution in [1.82, 2.24) is 9.80 Å². The number of carbonyl (C=O) groups excluding carboxylic acids is 2. The molecule has 2 heterocycles. The molecule has 1 unspecified atom stereocenters. The van der Waals surface area contributed by atoms with Crippen molar-refractivity contribution in [3.63, 3.8) is 0 Å². The molecule has 0 aromatic heterocycles. The average Bonchev–Trinajstić information content (AvgIpc) is 2.94. The second-order valence-corrected chi connectivity index (χ2v) is 7.25. The minimum atomic E-state index is -0.660. The smallest absolute Gasteiger partial charge is 0.411 e. The fourth-order valence-corrected chi connectivity index (χ4v) is 3.32. The number of thioether (sulfide) groups is 1. The molecule has 2 amide bonds. The van der Waals surface area contributed by atoms with Gasteiger partial charge in [0.15, 0.2) is 0 Å². The zero-order valence-electron chi connectivity index (χ0n) is 12.2. The topological polar surface area (TPSA) is 70.1 Å². The van der Waals surface area contributed by atoms with E-state index >= 15 is 0 Å². The van der Waals surface area contributed by atoms with E-state index in [1.807, 2.05) is 0 Å². The van der Waals surface area contributed by atoms with Crippen molar-refractivity contribution in [3.8, 4) is 0 Å². The summed E-state index contributed by atoms with van der Waals surface area (Å²) in [5.74, 6) is 1.50. The fraction of sp³-hybridized carbons (Fsp3) is 0.846. The number of hydrogen-bond acceptors (Lipinski definition) is 5. The lowest BCUT2D eigenvalue weighted by Crippen LogP contribution is -2.48. The summed E-state index contributed by atoms with van der Waals surface area (Å²) in [6, 6.07) is -0.599. The van der Waals surface area contributed by atoms with Gasteiger partial charge in [-0.25, -0.2) is 4.79 Å². The Hall–Kier alpha value is -0.950. The van der Waals surface area contributed by atoms with Gasteiger partial charge in [-0.05, 0) is 20.8 Å². The maximum absolute atomic E-state index is 12.4. The standard InChI is InChI=1S/C13H22N2O4S/c1-13(2,3)19-12(18)15-7-9(16)6-10(15)11(17)14-4-5-20-8-14/h9-10,16H,4-8H2,1-3H3/t9?,10-/m0/s1. The number of hydrogen-bond donors (Lipinski definition) is 1. The number of amides is 2. The van der Waals surface area contributed by atoms with Gasteiger partial charge in [0, 0.05) is 18.7 Å². The Morgan fingerprint density at radius 3 is 2.60 bits per heavy atom.